The van der Waals surface area contributed by atoms with Crippen molar-refractivity contribution in [3.05, 3.63) is 40.7 Å². The van der Waals surface area contributed by atoms with Gasteiger partial charge in [-0.1, -0.05) is 35.5 Å². The third-order valence-corrected chi connectivity index (χ3v) is 6.88. The van der Waals surface area contributed by atoms with Gasteiger partial charge in [-0.25, -0.2) is 17.6 Å². The molecule has 0 radical (unpaired) electrons. The number of halogens is 5. The van der Waals surface area contributed by atoms with Gasteiger partial charge in [0.15, 0.2) is 5.16 Å². The van der Waals surface area contributed by atoms with Crippen molar-refractivity contribution in [1.82, 2.24) is 19.8 Å². The van der Waals surface area contributed by atoms with Gasteiger partial charge in [0.05, 0.1) is 5.75 Å². The maximum Gasteiger partial charge on any atom is 0.287 e. The highest BCUT2D eigenvalue weighted by molar-refractivity contribution is 7.99. The molecule has 13 heteroatoms. The molecular weight excluding hydrogens is 486 g/mol. The first-order valence-electron chi connectivity index (χ1n) is 10.2. The number of aromatic nitrogens is 3. The van der Waals surface area contributed by atoms with Gasteiger partial charge in [-0.05, 0) is 37.0 Å². The Balaban J connectivity index is 1.45. The highest BCUT2D eigenvalue weighted by Crippen LogP contribution is 2.54. The Morgan fingerprint density at radius 3 is 2.55 bits per heavy atom. The number of rotatable bonds is 8. The first-order valence-corrected chi connectivity index (χ1v) is 11.5. The maximum absolute atomic E-state index is 13.3. The monoisotopic (exact) mass is 505 g/mol. The predicted octanol–water partition coefficient (Wildman–Crippen LogP) is 4.12. The minimum Gasteiger partial charge on any atom is -0.364 e. The van der Waals surface area contributed by atoms with Crippen LogP contribution in [0.4, 0.5) is 17.6 Å². The van der Waals surface area contributed by atoms with Crippen molar-refractivity contribution in [2.45, 2.75) is 61.9 Å². The number of hydrazone groups is 1. The van der Waals surface area contributed by atoms with Crippen LogP contribution in [-0.4, -0.2) is 60.8 Å². The molecule has 1 N–H and O–H groups in total. The average Bonchev–Trinajstić information content (AvgIpc) is 3.31. The molecule has 1 fully saturated rings. The van der Waals surface area contributed by atoms with Crippen LogP contribution in [0.15, 0.2) is 34.5 Å². The van der Waals surface area contributed by atoms with E-state index in [9.17, 15) is 27.5 Å². The molecule has 7 nitrogen and oxygen atoms in total. The summed E-state index contributed by atoms with van der Waals surface area (Å²) in [6.07, 6.45) is -6.85. The van der Waals surface area contributed by atoms with Crippen LogP contribution in [0, 0.1) is 0 Å². The van der Waals surface area contributed by atoms with Gasteiger partial charge >= 0.3 is 0 Å². The Hall–Kier alpha value is -2.18. The van der Waals surface area contributed by atoms with Crippen molar-refractivity contribution < 1.29 is 27.5 Å². The minimum atomic E-state index is -3.46. The molecule has 3 atom stereocenters. The summed E-state index contributed by atoms with van der Waals surface area (Å²) in [7, 11) is 0. The molecule has 1 saturated carbocycles. The Labute approximate surface area is 195 Å². The van der Waals surface area contributed by atoms with E-state index in [1.165, 1.54) is 0 Å². The SMILES string of the molecule is CCn1c(SCC(=O)N2N=C(C(F)F)C[C@]2(O)C(F)F)nnc1[C@@H]1C[C@H]1c1ccc(Cl)cc1. The van der Waals surface area contributed by atoms with Gasteiger partial charge in [-0.3, -0.25) is 4.79 Å². The number of benzene rings is 1. The van der Waals surface area contributed by atoms with Crippen LogP contribution in [-0.2, 0) is 11.3 Å². The summed E-state index contributed by atoms with van der Waals surface area (Å²) in [6, 6.07) is 7.57. The number of hydrogen-bond donors (Lipinski definition) is 1. The number of aliphatic hydroxyl groups is 1. The standard InChI is InChI=1S/C20H20ClF4N5O2S/c1-2-29-17(13-7-12(13)10-3-5-11(21)6-4-10)26-27-19(29)33-9-15(31)30-20(32,18(24)25)8-14(28-30)16(22)23/h3-6,12-13,16,18,32H,2,7-9H2,1H3/t12-,13+,20-/m0/s1. The molecule has 1 aliphatic carbocycles. The Morgan fingerprint density at radius 1 is 1.24 bits per heavy atom. The fourth-order valence-electron chi connectivity index (χ4n) is 3.88. The van der Waals surface area contributed by atoms with E-state index in [1.54, 1.807) is 0 Å². The topological polar surface area (TPSA) is 83.6 Å². The van der Waals surface area contributed by atoms with E-state index in [-0.39, 0.29) is 16.8 Å². The zero-order valence-corrected chi connectivity index (χ0v) is 18.9. The van der Waals surface area contributed by atoms with E-state index in [2.05, 4.69) is 15.3 Å². The molecule has 0 bridgehead atoms. The van der Waals surface area contributed by atoms with Crippen molar-refractivity contribution in [2.75, 3.05) is 5.75 Å². The van der Waals surface area contributed by atoms with Gasteiger partial charge in [0.25, 0.3) is 18.8 Å². The number of alkyl halides is 4. The lowest BCUT2D eigenvalue weighted by atomic mass is 10.1. The maximum atomic E-state index is 13.3. The molecule has 1 aromatic carbocycles. The highest BCUT2D eigenvalue weighted by Gasteiger charge is 2.53. The van der Waals surface area contributed by atoms with Crippen LogP contribution in [0.3, 0.4) is 0 Å². The zero-order chi connectivity index (χ0) is 23.9. The van der Waals surface area contributed by atoms with Crippen LogP contribution in [0.2, 0.25) is 5.02 Å². The third kappa shape index (κ3) is 4.60. The first kappa shape index (κ1) is 24.0. The van der Waals surface area contributed by atoms with Crippen molar-refractivity contribution in [1.29, 1.82) is 0 Å². The predicted molar refractivity (Wildman–Crippen MR) is 114 cm³/mol. The molecule has 0 unspecified atom stereocenters. The summed E-state index contributed by atoms with van der Waals surface area (Å²) >= 11 is 6.87. The normalized spacial score (nSPS) is 24.6. The summed E-state index contributed by atoms with van der Waals surface area (Å²) < 4.78 is 54.4. The summed E-state index contributed by atoms with van der Waals surface area (Å²) in [4.78, 5) is 12.5. The molecule has 1 aromatic heterocycles. The van der Waals surface area contributed by atoms with Gasteiger partial charge in [-0.15, -0.1) is 10.2 Å². The molecule has 2 aromatic rings. The fraction of sp³-hybridized carbons (Fsp3) is 0.500. The second kappa shape index (κ2) is 9.22. The van der Waals surface area contributed by atoms with Crippen LogP contribution in [0.1, 0.15) is 43.0 Å². The summed E-state index contributed by atoms with van der Waals surface area (Å²) in [6.45, 7) is 2.40. The van der Waals surface area contributed by atoms with E-state index >= 15 is 0 Å². The van der Waals surface area contributed by atoms with E-state index in [0.717, 1.165) is 29.6 Å². The van der Waals surface area contributed by atoms with E-state index in [0.29, 0.717) is 16.7 Å². The zero-order valence-electron chi connectivity index (χ0n) is 17.3. The smallest absolute Gasteiger partial charge is 0.287 e. The lowest BCUT2D eigenvalue weighted by Crippen LogP contribution is -2.52. The molecule has 0 saturated heterocycles. The first-order chi connectivity index (χ1) is 15.7. The number of hydrogen-bond acceptors (Lipinski definition) is 6. The summed E-state index contributed by atoms with van der Waals surface area (Å²) in [5.74, 6) is -0.307. The molecule has 2 aliphatic rings. The van der Waals surface area contributed by atoms with Crippen molar-refractivity contribution in [3.8, 4) is 0 Å². The minimum absolute atomic E-state index is 0.0666. The van der Waals surface area contributed by atoms with Crippen molar-refractivity contribution in [3.63, 3.8) is 0 Å². The van der Waals surface area contributed by atoms with Crippen LogP contribution >= 0.6 is 23.4 Å². The summed E-state index contributed by atoms with van der Waals surface area (Å²) in [5, 5.41) is 22.9. The second-order valence-corrected chi connectivity index (χ2v) is 9.21. The number of thioether (sulfide) groups is 1. The van der Waals surface area contributed by atoms with Crippen molar-refractivity contribution in [2.24, 2.45) is 5.10 Å². The number of carbonyl (C=O) groups excluding carboxylic acids is 1. The largest absolute Gasteiger partial charge is 0.364 e. The lowest BCUT2D eigenvalue weighted by molar-refractivity contribution is -0.190. The van der Waals surface area contributed by atoms with Crippen LogP contribution in [0.25, 0.3) is 0 Å². The van der Waals surface area contributed by atoms with E-state index in [1.807, 2.05) is 35.8 Å². The molecule has 2 heterocycles. The molecule has 1 aliphatic heterocycles. The molecule has 178 valence electrons. The molecular formula is C20H20ClF4N5O2S. The van der Waals surface area contributed by atoms with Crippen molar-refractivity contribution >= 4 is 35.0 Å². The highest BCUT2D eigenvalue weighted by atomic mass is 35.5. The van der Waals surface area contributed by atoms with Gasteiger partial charge < -0.3 is 9.67 Å². The lowest BCUT2D eigenvalue weighted by Gasteiger charge is -2.29. The molecule has 4 rings (SSSR count). The molecule has 0 spiro atoms. The molecule has 33 heavy (non-hydrogen) atoms. The summed E-state index contributed by atoms with van der Waals surface area (Å²) in [5.41, 5.74) is -2.92. The molecule has 1 amide bonds. The Bertz CT molecular complexity index is 1070. The fourth-order valence-corrected chi connectivity index (χ4v) is 4.86. The van der Waals surface area contributed by atoms with Gasteiger partial charge in [0, 0.05) is 23.9 Å². The van der Waals surface area contributed by atoms with Gasteiger partial charge in [0.2, 0.25) is 5.72 Å². The van der Waals surface area contributed by atoms with Crippen LogP contribution < -0.4 is 0 Å². The number of carbonyl (C=O) groups is 1. The average molecular weight is 506 g/mol. The number of nitrogens with zero attached hydrogens (tertiary/aromatic N) is 5. The van der Waals surface area contributed by atoms with Gasteiger partial charge in [-0.2, -0.15) is 10.1 Å². The number of amides is 1. The van der Waals surface area contributed by atoms with E-state index in [4.69, 9.17) is 11.6 Å². The van der Waals surface area contributed by atoms with Crippen LogP contribution in [0.5, 0.6) is 0 Å². The second-order valence-electron chi connectivity index (χ2n) is 7.83. The van der Waals surface area contributed by atoms with Gasteiger partial charge in [0.1, 0.15) is 11.5 Å². The van der Waals surface area contributed by atoms with E-state index < -0.39 is 42.4 Å². The Morgan fingerprint density at radius 2 is 1.94 bits per heavy atom. The third-order valence-electron chi connectivity index (χ3n) is 5.68. The Kier molecular flexibility index (Phi) is 6.70. The quantitative estimate of drug-likeness (QED) is 0.431.